The lowest BCUT2D eigenvalue weighted by Crippen LogP contribution is -1.56. The Balaban J connectivity index is 0. The molecule has 0 bridgehead atoms. The average Bonchev–Trinajstić information content (AvgIpc) is 1.94. The van der Waals surface area contributed by atoms with Crippen LogP contribution < -0.4 is 0 Å². The molecule has 0 amide bonds. The SMILES string of the molecule is C=O.F.Oc1ccccc1. The van der Waals surface area contributed by atoms with Crippen LogP contribution in [0.25, 0.3) is 0 Å². The molecule has 0 unspecified atom stereocenters. The van der Waals surface area contributed by atoms with Gasteiger partial charge in [0.15, 0.2) is 0 Å². The number of hydrogen-bond acceptors (Lipinski definition) is 2. The van der Waals surface area contributed by atoms with E-state index in [4.69, 9.17) is 9.90 Å². The Bertz CT molecular complexity index is 153. The normalized spacial score (nSPS) is 6.40. The lowest BCUT2D eigenvalue weighted by molar-refractivity contribution is -0.0979. The second kappa shape index (κ2) is 7.62. The van der Waals surface area contributed by atoms with Gasteiger partial charge < -0.3 is 9.90 Å². The summed E-state index contributed by atoms with van der Waals surface area (Å²) in [7, 11) is 0. The van der Waals surface area contributed by atoms with E-state index in [1.165, 1.54) is 0 Å². The van der Waals surface area contributed by atoms with Crippen molar-refractivity contribution in [1.82, 2.24) is 0 Å². The fourth-order valence-electron chi connectivity index (χ4n) is 0.428. The summed E-state index contributed by atoms with van der Waals surface area (Å²) in [6.45, 7) is 2.00. The summed E-state index contributed by atoms with van der Waals surface area (Å²) < 4.78 is 0. The van der Waals surface area contributed by atoms with Gasteiger partial charge in [-0.25, -0.2) is 0 Å². The Labute approximate surface area is 58.5 Å². The van der Waals surface area contributed by atoms with Gasteiger partial charge in [0.25, 0.3) is 0 Å². The molecular weight excluding hydrogens is 135 g/mol. The summed E-state index contributed by atoms with van der Waals surface area (Å²) in [5.41, 5.74) is 0. The van der Waals surface area contributed by atoms with Crippen LogP contribution >= 0.6 is 0 Å². The highest BCUT2D eigenvalue weighted by Gasteiger charge is 1.74. The summed E-state index contributed by atoms with van der Waals surface area (Å²) >= 11 is 0. The Kier molecular flexibility index (Phi) is 8.70. The zero-order valence-electron chi connectivity index (χ0n) is 5.36. The maximum Gasteiger partial charge on any atom is 0.115 e. The molecule has 3 heteroatoms. The number of benzene rings is 1. The van der Waals surface area contributed by atoms with Crippen LogP contribution in [0.3, 0.4) is 0 Å². The number of halogens is 1. The van der Waals surface area contributed by atoms with E-state index >= 15 is 0 Å². The fourth-order valence-corrected chi connectivity index (χ4v) is 0.428. The van der Waals surface area contributed by atoms with Crippen LogP contribution in [-0.4, -0.2) is 11.9 Å². The lowest BCUT2D eigenvalue weighted by Gasteiger charge is -1.82. The van der Waals surface area contributed by atoms with Crippen LogP contribution in [0.15, 0.2) is 30.3 Å². The zero-order valence-corrected chi connectivity index (χ0v) is 5.36. The van der Waals surface area contributed by atoms with Crippen molar-refractivity contribution in [3.63, 3.8) is 0 Å². The van der Waals surface area contributed by atoms with Crippen molar-refractivity contribution in [2.75, 3.05) is 0 Å². The van der Waals surface area contributed by atoms with Crippen LogP contribution in [0, 0.1) is 0 Å². The second-order valence-corrected chi connectivity index (χ2v) is 1.34. The minimum absolute atomic E-state index is 0. The van der Waals surface area contributed by atoms with Crippen LogP contribution in [-0.2, 0) is 4.79 Å². The number of rotatable bonds is 0. The van der Waals surface area contributed by atoms with Crippen molar-refractivity contribution in [1.29, 1.82) is 0 Å². The Morgan fingerprint density at radius 3 is 1.70 bits per heavy atom. The van der Waals surface area contributed by atoms with E-state index in [2.05, 4.69) is 0 Å². The molecule has 0 atom stereocenters. The minimum Gasteiger partial charge on any atom is -0.508 e. The van der Waals surface area contributed by atoms with Crippen LogP contribution in [0.1, 0.15) is 0 Å². The van der Waals surface area contributed by atoms with Crippen molar-refractivity contribution in [3.8, 4) is 5.75 Å². The topological polar surface area (TPSA) is 37.3 Å². The van der Waals surface area contributed by atoms with Gasteiger partial charge in [0, 0.05) is 0 Å². The predicted octanol–water partition coefficient (Wildman–Crippen LogP) is 1.36. The van der Waals surface area contributed by atoms with Crippen LogP contribution in [0.5, 0.6) is 5.75 Å². The van der Waals surface area contributed by atoms with Gasteiger partial charge >= 0.3 is 0 Å². The molecule has 0 spiro atoms. The Morgan fingerprint density at radius 1 is 1.10 bits per heavy atom. The number of phenolic OH excluding ortho intramolecular Hbond substituents is 1. The number of carbonyl (C=O) groups is 1. The first kappa shape index (κ1) is 11.4. The molecule has 0 saturated carbocycles. The van der Waals surface area contributed by atoms with Gasteiger partial charge in [-0.3, -0.25) is 4.70 Å². The molecule has 0 aliphatic carbocycles. The smallest absolute Gasteiger partial charge is 0.115 e. The van der Waals surface area contributed by atoms with Crippen molar-refractivity contribution >= 4 is 6.79 Å². The van der Waals surface area contributed by atoms with E-state index in [1.807, 2.05) is 12.9 Å². The monoisotopic (exact) mass is 144 g/mol. The van der Waals surface area contributed by atoms with Gasteiger partial charge in [-0.1, -0.05) is 18.2 Å². The van der Waals surface area contributed by atoms with Gasteiger partial charge in [-0.05, 0) is 12.1 Å². The molecule has 1 aromatic rings. The summed E-state index contributed by atoms with van der Waals surface area (Å²) in [5.74, 6) is 0.322. The number of aromatic hydroxyl groups is 1. The molecule has 1 rings (SSSR count). The highest BCUT2D eigenvalue weighted by molar-refractivity contribution is 5.18. The molecule has 0 aromatic heterocycles. The van der Waals surface area contributed by atoms with E-state index in [0.29, 0.717) is 5.75 Å². The maximum absolute atomic E-state index is 8.63. The standard InChI is InChI=1S/C6H6O.CH2O.FH/c7-6-4-2-1-3-5-6;1-2;/h1-5,7H;1H2;1H. The molecule has 0 radical (unpaired) electrons. The third-order valence-electron chi connectivity index (χ3n) is 0.756. The molecule has 2 nitrogen and oxygen atoms in total. The first-order valence-corrected chi connectivity index (χ1v) is 2.42. The van der Waals surface area contributed by atoms with Gasteiger partial charge in [-0.2, -0.15) is 0 Å². The first-order valence-electron chi connectivity index (χ1n) is 2.42. The highest BCUT2D eigenvalue weighted by Crippen LogP contribution is 2.02. The number of hydrogen-bond donors (Lipinski definition) is 1. The van der Waals surface area contributed by atoms with Gasteiger partial charge in [-0.15, -0.1) is 0 Å². The molecule has 1 aromatic carbocycles. The van der Waals surface area contributed by atoms with Crippen molar-refractivity contribution in [2.24, 2.45) is 0 Å². The summed E-state index contributed by atoms with van der Waals surface area (Å²) in [5, 5.41) is 8.63. The number of para-hydroxylation sites is 1. The fraction of sp³-hybridized carbons (Fsp3) is 0. The minimum atomic E-state index is 0. The highest BCUT2D eigenvalue weighted by atomic mass is 19.0. The first-order chi connectivity index (χ1) is 4.39. The Morgan fingerprint density at radius 2 is 1.50 bits per heavy atom. The van der Waals surface area contributed by atoms with E-state index < -0.39 is 0 Å². The average molecular weight is 144 g/mol. The van der Waals surface area contributed by atoms with Gasteiger partial charge in [0.1, 0.15) is 12.5 Å². The van der Waals surface area contributed by atoms with Crippen molar-refractivity contribution < 1.29 is 14.6 Å². The summed E-state index contributed by atoms with van der Waals surface area (Å²) in [6.07, 6.45) is 0. The van der Waals surface area contributed by atoms with Crippen molar-refractivity contribution in [2.45, 2.75) is 0 Å². The maximum atomic E-state index is 8.63. The van der Waals surface area contributed by atoms with E-state index in [9.17, 15) is 0 Å². The predicted molar refractivity (Wildman–Crippen MR) is 37.7 cm³/mol. The summed E-state index contributed by atoms with van der Waals surface area (Å²) in [4.78, 5) is 8.00. The molecule has 0 heterocycles. The zero-order chi connectivity index (χ0) is 7.11. The number of phenols is 1. The lowest BCUT2D eigenvalue weighted by atomic mass is 10.3. The van der Waals surface area contributed by atoms with Crippen LogP contribution in [0.4, 0.5) is 4.70 Å². The summed E-state index contributed by atoms with van der Waals surface area (Å²) in [6, 6.07) is 8.71. The molecule has 10 heavy (non-hydrogen) atoms. The molecule has 0 aliphatic rings. The number of carbonyl (C=O) groups excluding carboxylic acids is 1. The third-order valence-corrected chi connectivity index (χ3v) is 0.756. The van der Waals surface area contributed by atoms with Crippen LogP contribution in [0.2, 0.25) is 0 Å². The molecular formula is C7H9FO2. The molecule has 56 valence electrons. The molecule has 1 N–H and O–H groups in total. The van der Waals surface area contributed by atoms with Gasteiger partial charge in [0.2, 0.25) is 0 Å². The van der Waals surface area contributed by atoms with E-state index in [0.717, 1.165) is 0 Å². The largest absolute Gasteiger partial charge is 0.508 e. The van der Waals surface area contributed by atoms with E-state index in [-0.39, 0.29) is 4.70 Å². The third kappa shape index (κ3) is 4.77. The van der Waals surface area contributed by atoms with E-state index in [1.54, 1.807) is 24.3 Å². The molecule has 0 aliphatic heterocycles. The quantitative estimate of drug-likeness (QED) is 0.597. The Hall–Kier alpha value is -1.38. The molecule has 0 fully saturated rings. The van der Waals surface area contributed by atoms with Crippen molar-refractivity contribution in [3.05, 3.63) is 30.3 Å². The molecule has 0 saturated heterocycles. The van der Waals surface area contributed by atoms with Gasteiger partial charge in [0.05, 0.1) is 0 Å². The second-order valence-electron chi connectivity index (χ2n) is 1.34.